The molecule has 5 heteroatoms. The molecule has 0 heterocycles. The summed E-state index contributed by atoms with van der Waals surface area (Å²) < 4.78 is 10.6. The normalized spacial score (nSPS) is 12.7. The van der Waals surface area contributed by atoms with Crippen molar-refractivity contribution in [2.24, 2.45) is 0 Å². The quantitative estimate of drug-likeness (QED) is 0.899. The van der Waals surface area contributed by atoms with Crippen molar-refractivity contribution < 1.29 is 19.4 Å². The van der Waals surface area contributed by atoms with Gasteiger partial charge in [-0.25, -0.2) is 4.79 Å². The topological polar surface area (TPSA) is 59.0 Å². The molecule has 20 heavy (non-hydrogen) atoms. The SMILES string of the molecule is CN(C[C@@H](O)COc1ccccc1)C(=O)OC(C)(C)C. The fourth-order valence-corrected chi connectivity index (χ4v) is 1.49. The van der Waals surface area contributed by atoms with Gasteiger partial charge in [-0.15, -0.1) is 0 Å². The fourth-order valence-electron chi connectivity index (χ4n) is 1.49. The fraction of sp³-hybridized carbons (Fsp3) is 0.533. The lowest BCUT2D eigenvalue weighted by molar-refractivity contribution is 0.0154. The van der Waals surface area contributed by atoms with Crippen molar-refractivity contribution in [1.82, 2.24) is 4.90 Å². The van der Waals surface area contributed by atoms with E-state index < -0.39 is 17.8 Å². The van der Waals surface area contributed by atoms with E-state index in [1.165, 1.54) is 4.90 Å². The minimum absolute atomic E-state index is 0.122. The molecule has 0 aliphatic carbocycles. The molecule has 1 N–H and O–H groups in total. The maximum atomic E-state index is 11.7. The van der Waals surface area contributed by atoms with Gasteiger partial charge in [-0.05, 0) is 32.9 Å². The molecule has 1 aromatic carbocycles. The van der Waals surface area contributed by atoms with Gasteiger partial charge in [-0.3, -0.25) is 0 Å². The number of aliphatic hydroxyl groups is 1. The highest BCUT2D eigenvalue weighted by atomic mass is 16.6. The molecule has 0 saturated heterocycles. The number of amides is 1. The van der Waals surface area contributed by atoms with E-state index in [-0.39, 0.29) is 13.2 Å². The highest BCUT2D eigenvalue weighted by molar-refractivity contribution is 5.67. The van der Waals surface area contributed by atoms with Gasteiger partial charge in [0.05, 0.1) is 6.54 Å². The van der Waals surface area contributed by atoms with E-state index in [0.717, 1.165) is 0 Å². The third-order valence-corrected chi connectivity index (χ3v) is 2.38. The van der Waals surface area contributed by atoms with E-state index in [1.807, 2.05) is 30.3 Å². The Morgan fingerprint density at radius 3 is 2.45 bits per heavy atom. The molecule has 1 atom stereocenters. The molecule has 0 fully saturated rings. The van der Waals surface area contributed by atoms with E-state index in [0.29, 0.717) is 5.75 Å². The summed E-state index contributed by atoms with van der Waals surface area (Å²) in [4.78, 5) is 13.1. The first kappa shape index (κ1) is 16.3. The van der Waals surface area contributed by atoms with Gasteiger partial charge >= 0.3 is 6.09 Å². The Bertz CT molecular complexity index is 414. The Labute approximate surface area is 120 Å². The average Bonchev–Trinajstić information content (AvgIpc) is 2.35. The molecule has 0 radical (unpaired) electrons. The third kappa shape index (κ3) is 6.43. The summed E-state index contributed by atoms with van der Waals surface area (Å²) in [6.07, 6.45) is -1.23. The first-order valence-corrected chi connectivity index (χ1v) is 6.58. The molecule has 0 aliphatic rings. The van der Waals surface area contributed by atoms with Gasteiger partial charge in [0.15, 0.2) is 0 Å². The van der Waals surface area contributed by atoms with Crippen molar-refractivity contribution in [2.75, 3.05) is 20.2 Å². The number of carbonyl (C=O) groups is 1. The van der Waals surface area contributed by atoms with Crippen molar-refractivity contribution >= 4 is 6.09 Å². The van der Waals surface area contributed by atoms with Crippen molar-refractivity contribution in [3.05, 3.63) is 30.3 Å². The number of carbonyl (C=O) groups excluding carboxylic acids is 1. The summed E-state index contributed by atoms with van der Waals surface area (Å²) in [6, 6.07) is 9.22. The van der Waals surface area contributed by atoms with E-state index in [9.17, 15) is 9.90 Å². The van der Waals surface area contributed by atoms with E-state index >= 15 is 0 Å². The lowest BCUT2D eigenvalue weighted by atomic mass is 10.2. The van der Waals surface area contributed by atoms with Gasteiger partial charge in [-0.1, -0.05) is 18.2 Å². The van der Waals surface area contributed by atoms with E-state index in [4.69, 9.17) is 9.47 Å². The Kier molecular flexibility index (Phi) is 5.82. The predicted molar refractivity (Wildman–Crippen MR) is 76.8 cm³/mol. The summed E-state index contributed by atoms with van der Waals surface area (Å²) in [5, 5.41) is 9.85. The molecule has 0 aromatic heterocycles. The molecule has 0 spiro atoms. The van der Waals surface area contributed by atoms with Gasteiger partial charge in [-0.2, -0.15) is 0 Å². The van der Waals surface area contributed by atoms with Crippen LogP contribution in [0.5, 0.6) is 5.75 Å². The first-order chi connectivity index (χ1) is 9.28. The number of para-hydroxylation sites is 1. The van der Waals surface area contributed by atoms with Gasteiger partial charge in [0.25, 0.3) is 0 Å². The second kappa shape index (κ2) is 7.14. The van der Waals surface area contributed by atoms with Gasteiger partial charge in [0, 0.05) is 7.05 Å². The van der Waals surface area contributed by atoms with Crippen LogP contribution in [-0.2, 0) is 4.74 Å². The highest BCUT2D eigenvalue weighted by Crippen LogP contribution is 2.10. The molecule has 0 saturated carbocycles. The van der Waals surface area contributed by atoms with Crippen LogP contribution < -0.4 is 4.74 Å². The monoisotopic (exact) mass is 281 g/mol. The van der Waals surface area contributed by atoms with Crippen LogP contribution >= 0.6 is 0 Å². The van der Waals surface area contributed by atoms with Crippen LogP contribution in [0.3, 0.4) is 0 Å². The van der Waals surface area contributed by atoms with Crippen molar-refractivity contribution in [2.45, 2.75) is 32.5 Å². The molecule has 0 unspecified atom stereocenters. The number of rotatable bonds is 5. The van der Waals surface area contributed by atoms with Crippen LogP contribution in [0.2, 0.25) is 0 Å². The highest BCUT2D eigenvalue weighted by Gasteiger charge is 2.21. The standard InChI is InChI=1S/C15H23NO4/c1-15(2,3)20-14(18)16(4)10-12(17)11-19-13-8-6-5-7-9-13/h5-9,12,17H,10-11H2,1-4H3/t12-/m1/s1. The Morgan fingerprint density at radius 1 is 1.30 bits per heavy atom. The predicted octanol–water partition coefficient (Wildman–Crippen LogP) is 2.29. The number of nitrogens with zero attached hydrogens (tertiary/aromatic N) is 1. The number of hydrogen-bond donors (Lipinski definition) is 1. The number of likely N-dealkylation sites (N-methyl/N-ethyl adjacent to an activating group) is 1. The maximum absolute atomic E-state index is 11.7. The van der Waals surface area contributed by atoms with Crippen LogP contribution in [-0.4, -0.2) is 48.0 Å². The minimum Gasteiger partial charge on any atom is -0.491 e. The largest absolute Gasteiger partial charge is 0.491 e. The smallest absolute Gasteiger partial charge is 0.410 e. The summed E-state index contributed by atoms with van der Waals surface area (Å²) in [5.41, 5.74) is -0.545. The van der Waals surface area contributed by atoms with Crippen LogP contribution in [0.1, 0.15) is 20.8 Å². The Morgan fingerprint density at radius 2 is 1.90 bits per heavy atom. The molecule has 1 aromatic rings. The number of hydrogen-bond acceptors (Lipinski definition) is 4. The van der Waals surface area contributed by atoms with Crippen molar-refractivity contribution in [3.63, 3.8) is 0 Å². The number of benzene rings is 1. The van der Waals surface area contributed by atoms with Crippen LogP contribution in [0.15, 0.2) is 30.3 Å². The zero-order valence-corrected chi connectivity index (χ0v) is 12.5. The van der Waals surface area contributed by atoms with Crippen molar-refractivity contribution in [1.29, 1.82) is 0 Å². The van der Waals surface area contributed by atoms with Crippen LogP contribution in [0, 0.1) is 0 Å². The minimum atomic E-state index is -0.771. The van der Waals surface area contributed by atoms with Gasteiger partial charge < -0.3 is 19.5 Å². The third-order valence-electron chi connectivity index (χ3n) is 2.38. The first-order valence-electron chi connectivity index (χ1n) is 6.58. The number of aliphatic hydroxyl groups excluding tert-OH is 1. The lowest BCUT2D eigenvalue weighted by Gasteiger charge is -2.26. The van der Waals surface area contributed by atoms with Crippen LogP contribution in [0.4, 0.5) is 4.79 Å². The second-order valence-corrected chi connectivity index (χ2v) is 5.64. The molecular formula is C15H23NO4. The van der Waals surface area contributed by atoms with E-state index in [2.05, 4.69) is 0 Å². The van der Waals surface area contributed by atoms with Gasteiger partial charge in [0.1, 0.15) is 24.1 Å². The summed E-state index contributed by atoms with van der Waals surface area (Å²) in [6.45, 7) is 5.67. The second-order valence-electron chi connectivity index (χ2n) is 5.64. The molecule has 0 bridgehead atoms. The van der Waals surface area contributed by atoms with Crippen LogP contribution in [0.25, 0.3) is 0 Å². The average molecular weight is 281 g/mol. The van der Waals surface area contributed by atoms with Crippen molar-refractivity contribution in [3.8, 4) is 5.75 Å². The Hall–Kier alpha value is -1.75. The molecule has 0 aliphatic heterocycles. The molecule has 5 nitrogen and oxygen atoms in total. The maximum Gasteiger partial charge on any atom is 0.410 e. The summed E-state index contributed by atoms with van der Waals surface area (Å²) >= 11 is 0. The summed E-state index contributed by atoms with van der Waals surface area (Å²) in [7, 11) is 1.58. The zero-order chi connectivity index (χ0) is 15.2. The Balaban J connectivity index is 2.34. The molecule has 1 rings (SSSR count). The molecule has 112 valence electrons. The lowest BCUT2D eigenvalue weighted by Crippen LogP contribution is -2.40. The van der Waals surface area contributed by atoms with E-state index in [1.54, 1.807) is 27.8 Å². The number of ether oxygens (including phenoxy) is 2. The summed E-state index contributed by atoms with van der Waals surface area (Å²) in [5.74, 6) is 0.687. The molecular weight excluding hydrogens is 258 g/mol. The van der Waals surface area contributed by atoms with Gasteiger partial charge in [0.2, 0.25) is 0 Å². The molecule has 1 amide bonds. The zero-order valence-electron chi connectivity index (χ0n) is 12.5.